The Bertz CT molecular complexity index is 934. The first-order valence-corrected chi connectivity index (χ1v) is 9.59. The molecule has 1 atom stereocenters. The minimum absolute atomic E-state index is 0.161. The number of carbonyl (C=O) groups excluding carboxylic acids is 3. The van der Waals surface area contributed by atoms with Crippen molar-refractivity contribution in [1.82, 2.24) is 15.1 Å². The number of likely N-dealkylation sites (tertiary alicyclic amines) is 1. The summed E-state index contributed by atoms with van der Waals surface area (Å²) in [5.74, 6) is -0.463. The van der Waals surface area contributed by atoms with Crippen molar-refractivity contribution in [2.75, 3.05) is 13.1 Å². The van der Waals surface area contributed by atoms with E-state index < -0.39 is 11.6 Å². The second kappa shape index (κ2) is 7.28. The van der Waals surface area contributed by atoms with Gasteiger partial charge in [0, 0.05) is 17.1 Å². The zero-order valence-electron chi connectivity index (χ0n) is 15.2. The van der Waals surface area contributed by atoms with Gasteiger partial charge in [0.1, 0.15) is 5.54 Å². The average Bonchev–Trinajstić information content (AvgIpc) is 2.92. The highest BCUT2D eigenvalue weighted by Gasteiger charge is 2.53. The molecule has 0 bridgehead atoms. The van der Waals surface area contributed by atoms with Gasteiger partial charge < -0.3 is 10.2 Å². The summed E-state index contributed by atoms with van der Waals surface area (Å²) in [7, 11) is 0. The average molecular weight is 398 g/mol. The van der Waals surface area contributed by atoms with Crippen LogP contribution in [0.15, 0.2) is 54.6 Å². The Morgan fingerprint density at radius 2 is 1.89 bits per heavy atom. The number of carbonyl (C=O) groups is 3. The van der Waals surface area contributed by atoms with Crippen LogP contribution in [0.4, 0.5) is 4.79 Å². The van der Waals surface area contributed by atoms with Gasteiger partial charge in [0.15, 0.2) is 0 Å². The standard InChI is InChI=1S/C21H20ClN3O3/c22-17-9-4-8-16(12-17)18(26)24-11-5-10-21(14-24)19(27)25(20(28)23-21)13-15-6-2-1-3-7-15/h1-4,6-9,12H,5,10-11,13-14H2,(H,23,28)/t21-/m0/s1. The number of nitrogens with zero attached hydrogens (tertiary/aromatic N) is 2. The maximum absolute atomic E-state index is 13.1. The summed E-state index contributed by atoms with van der Waals surface area (Å²) in [6, 6.07) is 15.7. The lowest BCUT2D eigenvalue weighted by atomic mass is 9.88. The minimum Gasteiger partial charge on any atom is -0.336 e. The molecule has 2 aromatic carbocycles. The van der Waals surface area contributed by atoms with E-state index >= 15 is 0 Å². The van der Waals surface area contributed by atoms with Gasteiger partial charge in [0.05, 0.1) is 13.1 Å². The lowest BCUT2D eigenvalue weighted by Gasteiger charge is -2.38. The number of rotatable bonds is 3. The monoisotopic (exact) mass is 397 g/mol. The Kier molecular flexibility index (Phi) is 4.81. The topological polar surface area (TPSA) is 69.7 Å². The molecule has 7 heteroatoms. The van der Waals surface area contributed by atoms with Gasteiger partial charge in [-0.2, -0.15) is 0 Å². The summed E-state index contributed by atoms with van der Waals surface area (Å²) >= 11 is 6.00. The molecule has 0 unspecified atom stereocenters. The van der Waals surface area contributed by atoms with Crippen LogP contribution in [-0.2, 0) is 11.3 Å². The van der Waals surface area contributed by atoms with Crippen LogP contribution in [0.1, 0.15) is 28.8 Å². The first kappa shape index (κ1) is 18.5. The second-order valence-corrected chi connectivity index (χ2v) is 7.67. The van der Waals surface area contributed by atoms with Crippen LogP contribution < -0.4 is 5.32 Å². The van der Waals surface area contributed by atoms with Gasteiger partial charge >= 0.3 is 6.03 Å². The molecule has 1 N–H and O–H groups in total. The zero-order chi connectivity index (χ0) is 19.7. The minimum atomic E-state index is -1.06. The molecule has 4 rings (SSSR count). The summed E-state index contributed by atoms with van der Waals surface area (Å²) in [4.78, 5) is 41.4. The van der Waals surface area contributed by atoms with E-state index in [9.17, 15) is 14.4 Å². The predicted molar refractivity (Wildman–Crippen MR) is 105 cm³/mol. The van der Waals surface area contributed by atoms with Crippen molar-refractivity contribution < 1.29 is 14.4 Å². The lowest BCUT2D eigenvalue weighted by molar-refractivity contribution is -0.133. The van der Waals surface area contributed by atoms with Crippen molar-refractivity contribution in [3.05, 3.63) is 70.7 Å². The van der Waals surface area contributed by atoms with Crippen LogP contribution >= 0.6 is 11.6 Å². The SMILES string of the molecule is O=C(c1cccc(Cl)c1)N1CCC[C@@]2(C1)NC(=O)N(Cc1ccccc1)C2=O. The van der Waals surface area contributed by atoms with Gasteiger partial charge in [-0.3, -0.25) is 14.5 Å². The van der Waals surface area contributed by atoms with E-state index in [1.165, 1.54) is 4.90 Å². The number of hydrogen-bond acceptors (Lipinski definition) is 3. The van der Waals surface area contributed by atoms with Crippen molar-refractivity contribution in [2.45, 2.75) is 24.9 Å². The van der Waals surface area contributed by atoms with E-state index in [1.54, 1.807) is 29.2 Å². The Balaban J connectivity index is 1.53. The molecule has 0 radical (unpaired) electrons. The molecule has 2 aromatic rings. The van der Waals surface area contributed by atoms with Gasteiger partial charge in [-0.1, -0.05) is 48.0 Å². The van der Waals surface area contributed by atoms with Crippen LogP contribution in [0.5, 0.6) is 0 Å². The smallest absolute Gasteiger partial charge is 0.325 e. The molecule has 0 aromatic heterocycles. The summed E-state index contributed by atoms with van der Waals surface area (Å²) in [5.41, 5.74) is 0.298. The van der Waals surface area contributed by atoms with Crippen molar-refractivity contribution in [1.29, 1.82) is 0 Å². The van der Waals surface area contributed by atoms with E-state index in [0.29, 0.717) is 30.0 Å². The first-order chi connectivity index (χ1) is 13.5. The van der Waals surface area contributed by atoms with E-state index in [1.807, 2.05) is 30.3 Å². The maximum atomic E-state index is 13.1. The number of benzene rings is 2. The third-order valence-corrected chi connectivity index (χ3v) is 5.52. The zero-order valence-corrected chi connectivity index (χ0v) is 16.0. The number of nitrogens with one attached hydrogen (secondary N) is 1. The molecule has 6 nitrogen and oxygen atoms in total. The number of halogens is 1. The van der Waals surface area contributed by atoms with Gasteiger partial charge in [0.25, 0.3) is 11.8 Å². The molecule has 1 spiro atoms. The van der Waals surface area contributed by atoms with Crippen LogP contribution in [0, 0.1) is 0 Å². The Morgan fingerprint density at radius 1 is 1.11 bits per heavy atom. The molecular formula is C21H20ClN3O3. The largest absolute Gasteiger partial charge is 0.336 e. The van der Waals surface area contributed by atoms with E-state index in [0.717, 1.165) is 5.56 Å². The molecule has 0 saturated carbocycles. The van der Waals surface area contributed by atoms with Gasteiger partial charge in [-0.25, -0.2) is 4.79 Å². The molecule has 4 amide bonds. The third-order valence-electron chi connectivity index (χ3n) is 5.28. The van der Waals surface area contributed by atoms with Gasteiger partial charge in [0.2, 0.25) is 0 Å². The fourth-order valence-electron chi connectivity index (χ4n) is 3.90. The predicted octanol–water partition coefficient (Wildman–Crippen LogP) is 3.07. The molecule has 0 aliphatic carbocycles. The number of piperidine rings is 1. The summed E-state index contributed by atoms with van der Waals surface area (Å²) < 4.78 is 0. The van der Waals surface area contributed by atoms with E-state index in [-0.39, 0.29) is 24.9 Å². The third kappa shape index (κ3) is 3.36. The number of amides is 4. The molecule has 144 valence electrons. The van der Waals surface area contributed by atoms with Crippen molar-refractivity contribution in [3.8, 4) is 0 Å². The summed E-state index contributed by atoms with van der Waals surface area (Å²) in [6.07, 6.45) is 1.15. The molecule has 2 heterocycles. The maximum Gasteiger partial charge on any atom is 0.325 e. The fraction of sp³-hybridized carbons (Fsp3) is 0.286. The normalized spacial score (nSPS) is 21.9. The quantitative estimate of drug-likeness (QED) is 0.809. The van der Waals surface area contributed by atoms with E-state index in [2.05, 4.69) is 5.32 Å². The van der Waals surface area contributed by atoms with Crippen molar-refractivity contribution >= 4 is 29.4 Å². The molecule has 2 fully saturated rings. The molecule has 2 aliphatic rings. The van der Waals surface area contributed by atoms with Crippen LogP contribution in [0.25, 0.3) is 0 Å². The first-order valence-electron chi connectivity index (χ1n) is 9.21. The molecule has 2 aliphatic heterocycles. The number of imide groups is 1. The highest BCUT2D eigenvalue weighted by atomic mass is 35.5. The molecule has 28 heavy (non-hydrogen) atoms. The number of hydrogen-bond donors (Lipinski definition) is 1. The Morgan fingerprint density at radius 3 is 2.64 bits per heavy atom. The molecule has 2 saturated heterocycles. The summed E-state index contributed by atoms with van der Waals surface area (Å²) in [5, 5.41) is 3.34. The van der Waals surface area contributed by atoms with Crippen LogP contribution in [0.2, 0.25) is 5.02 Å². The highest BCUT2D eigenvalue weighted by molar-refractivity contribution is 6.31. The van der Waals surface area contributed by atoms with Crippen molar-refractivity contribution in [2.24, 2.45) is 0 Å². The Hall–Kier alpha value is -2.86. The molecular weight excluding hydrogens is 378 g/mol. The van der Waals surface area contributed by atoms with Crippen molar-refractivity contribution in [3.63, 3.8) is 0 Å². The van der Waals surface area contributed by atoms with Gasteiger partial charge in [-0.05, 0) is 36.6 Å². The number of urea groups is 1. The Labute approximate surface area is 168 Å². The van der Waals surface area contributed by atoms with E-state index in [4.69, 9.17) is 11.6 Å². The van der Waals surface area contributed by atoms with Crippen LogP contribution in [0.3, 0.4) is 0 Å². The lowest BCUT2D eigenvalue weighted by Crippen LogP contribution is -2.59. The van der Waals surface area contributed by atoms with Crippen LogP contribution in [-0.4, -0.2) is 46.3 Å². The van der Waals surface area contributed by atoms with Gasteiger partial charge in [-0.15, -0.1) is 0 Å². The second-order valence-electron chi connectivity index (χ2n) is 7.23. The fourth-order valence-corrected chi connectivity index (χ4v) is 4.09. The summed E-state index contributed by atoms with van der Waals surface area (Å²) in [6.45, 7) is 0.915. The highest BCUT2D eigenvalue weighted by Crippen LogP contribution is 2.30.